The molecule has 92 heavy (non-hydrogen) atoms. The van der Waals surface area contributed by atoms with Crippen molar-refractivity contribution in [3.8, 4) is 67.9 Å². The number of fused-ring (bicyclic) bond motifs is 2. The molecule has 0 radical (unpaired) electrons. The molecule has 0 heterocycles. The molecule has 0 saturated carbocycles. The van der Waals surface area contributed by atoms with Gasteiger partial charge in [0.2, 0.25) is 0 Å². The van der Waals surface area contributed by atoms with Gasteiger partial charge in [-0.3, -0.25) is 0 Å². The fourth-order valence-corrected chi connectivity index (χ4v) is 10.2. The van der Waals surface area contributed by atoms with Gasteiger partial charge >= 0.3 is 35.8 Å². The zero-order chi connectivity index (χ0) is 64.0. The van der Waals surface area contributed by atoms with Crippen molar-refractivity contribution in [3.63, 3.8) is 0 Å². The predicted octanol–water partition coefficient (Wildman–Crippen LogP) is 17.2. The molecule has 10 rings (SSSR count). The molecule has 0 aromatic heterocycles. The second kappa shape index (κ2) is 31.7. The Bertz CT molecular complexity index is 3950. The SMILES string of the molecule is C=CC(=O)OCCCCCCOc1ccc(C(=O)Oc2ccc(-c3ccc(C(=O)Oc4ccc5ccccc5c4-c4c(OC(=O)c5ccc(-c6ccc(OC(=O)c7ccc(OCCCCCCOC(=O)C=C)cc7)cc6)cc5)ccc5ccccc45)cc3)cc2)cc1. The molecule has 0 aliphatic heterocycles. The molecule has 10 aromatic carbocycles. The van der Waals surface area contributed by atoms with Gasteiger partial charge in [-0.2, -0.15) is 0 Å². The summed E-state index contributed by atoms with van der Waals surface area (Å²) in [5.74, 6) is -0.525. The zero-order valence-electron chi connectivity index (χ0n) is 50.6. The summed E-state index contributed by atoms with van der Waals surface area (Å²) in [7, 11) is 0. The van der Waals surface area contributed by atoms with Gasteiger partial charge in [-0.05, 0) is 204 Å². The van der Waals surface area contributed by atoms with Gasteiger partial charge in [0.15, 0.2) is 0 Å². The molecule has 0 atom stereocenters. The van der Waals surface area contributed by atoms with E-state index >= 15 is 0 Å². The highest BCUT2D eigenvalue weighted by molar-refractivity contribution is 6.11. The lowest BCUT2D eigenvalue weighted by Gasteiger charge is -2.19. The Hall–Kier alpha value is -11.4. The van der Waals surface area contributed by atoms with Crippen molar-refractivity contribution in [3.05, 3.63) is 266 Å². The van der Waals surface area contributed by atoms with Crippen LogP contribution in [0.1, 0.15) is 92.8 Å². The minimum atomic E-state index is -0.599. The van der Waals surface area contributed by atoms with Crippen LogP contribution >= 0.6 is 0 Å². The molecule has 0 bridgehead atoms. The molecule has 14 heteroatoms. The fourth-order valence-electron chi connectivity index (χ4n) is 10.2. The lowest BCUT2D eigenvalue weighted by Crippen LogP contribution is -2.11. The second-order valence-electron chi connectivity index (χ2n) is 21.4. The first-order valence-corrected chi connectivity index (χ1v) is 30.4. The molecule has 14 nitrogen and oxygen atoms in total. The van der Waals surface area contributed by atoms with Crippen LogP contribution in [0.2, 0.25) is 0 Å². The average molecular weight is 1230 g/mol. The first-order valence-electron chi connectivity index (χ1n) is 30.4. The summed E-state index contributed by atoms with van der Waals surface area (Å²) in [5.41, 5.74) is 5.76. The van der Waals surface area contributed by atoms with E-state index in [4.69, 9.17) is 37.9 Å². The summed E-state index contributed by atoms with van der Waals surface area (Å²) in [4.78, 5) is 76.9. The van der Waals surface area contributed by atoms with Crippen LogP contribution in [0.25, 0.3) is 54.9 Å². The topological polar surface area (TPSA) is 176 Å². The summed E-state index contributed by atoms with van der Waals surface area (Å²) in [5, 5.41) is 3.30. The van der Waals surface area contributed by atoms with Gasteiger partial charge < -0.3 is 37.9 Å². The number of hydrogen-bond acceptors (Lipinski definition) is 14. The van der Waals surface area contributed by atoms with Crippen LogP contribution in [0.4, 0.5) is 0 Å². The van der Waals surface area contributed by atoms with E-state index in [0.29, 0.717) is 82.8 Å². The Morgan fingerprint density at radius 1 is 0.293 bits per heavy atom. The highest BCUT2D eigenvalue weighted by atomic mass is 16.6. The third-order valence-electron chi connectivity index (χ3n) is 15.1. The maximum Gasteiger partial charge on any atom is 0.343 e. The van der Waals surface area contributed by atoms with Gasteiger partial charge in [0.05, 0.1) is 48.7 Å². The number of esters is 6. The number of unbranched alkanes of at least 4 members (excludes halogenated alkanes) is 6. The Balaban J connectivity index is 0.753. The van der Waals surface area contributed by atoms with Crippen molar-refractivity contribution in [2.45, 2.75) is 51.4 Å². The molecule has 0 amide bonds. The van der Waals surface area contributed by atoms with Gasteiger partial charge in [-0.15, -0.1) is 0 Å². The smallest absolute Gasteiger partial charge is 0.343 e. The summed E-state index contributed by atoms with van der Waals surface area (Å²) in [6.45, 7) is 8.55. The molecule has 0 unspecified atom stereocenters. The molecule has 0 aliphatic carbocycles. The summed E-state index contributed by atoms with van der Waals surface area (Å²) >= 11 is 0. The van der Waals surface area contributed by atoms with Crippen molar-refractivity contribution in [1.82, 2.24) is 0 Å². The maximum atomic E-state index is 14.2. The molecule has 0 aliphatic rings. The molecule has 10 aromatic rings. The van der Waals surface area contributed by atoms with Gasteiger partial charge in [-0.1, -0.05) is 122 Å². The summed E-state index contributed by atoms with van der Waals surface area (Å²) in [6.07, 6.45) is 9.20. The first kappa shape index (κ1) is 63.6. The van der Waals surface area contributed by atoms with Crippen LogP contribution in [0.15, 0.2) is 244 Å². The molecule has 0 spiro atoms. The molecular formula is C78H66O14. The standard InChI is InChI=1S/C78H66O14/c1-3-71(79)87-51-15-7-5-13-49-85-63-39-33-61(34-40-63)75(81)89-65-43-29-55(30-44-65)53-21-25-59(26-22-53)77(83)91-69-47-37-57-17-9-11-19-67(57)73(69)74-68-20-12-10-18-58(68)38-48-70(74)92-78(84)60-27-23-54(24-28-60)56-31-45-66(46-32-56)90-76(82)62-35-41-64(42-36-62)86-50-14-6-8-16-52-88-72(80)4-2/h3-4,9-12,17-48H,1-2,5-8,13-16,49-52H2. The van der Waals surface area contributed by atoms with Crippen molar-refractivity contribution in [2.24, 2.45) is 0 Å². The molecular weight excluding hydrogens is 1160 g/mol. The van der Waals surface area contributed by atoms with E-state index in [1.54, 1.807) is 109 Å². The van der Waals surface area contributed by atoms with Crippen LogP contribution in [0, 0.1) is 0 Å². The van der Waals surface area contributed by atoms with Crippen molar-refractivity contribution < 1.29 is 66.7 Å². The molecule has 0 saturated heterocycles. The number of rotatable bonds is 29. The van der Waals surface area contributed by atoms with Crippen molar-refractivity contribution in [2.75, 3.05) is 26.4 Å². The largest absolute Gasteiger partial charge is 0.494 e. The third-order valence-corrected chi connectivity index (χ3v) is 15.1. The number of ether oxygens (including phenoxy) is 8. The minimum absolute atomic E-state index is 0.263. The van der Waals surface area contributed by atoms with Gasteiger partial charge in [0.1, 0.15) is 34.5 Å². The van der Waals surface area contributed by atoms with Crippen molar-refractivity contribution >= 4 is 57.4 Å². The number of hydrogen-bond donors (Lipinski definition) is 0. The lowest BCUT2D eigenvalue weighted by atomic mass is 9.92. The third kappa shape index (κ3) is 17.1. The van der Waals surface area contributed by atoms with Crippen LogP contribution in [0.5, 0.6) is 34.5 Å². The van der Waals surface area contributed by atoms with E-state index in [9.17, 15) is 28.8 Å². The Morgan fingerprint density at radius 2 is 0.587 bits per heavy atom. The van der Waals surface area contributed by atoms with E-state index in [0.717, 1.165) is 107 Å². The van der Waals surface area contributed by atoms with Gasteiger partial charge in [0, 0.05) is 23.3 Å². The maximum absolute atomic E-state index is 14.2. The second-order valence-corrected chi connectivity index (χ2v) is 21.4. The Kier molecular flexibility index (Phi) is 21.9. The van der Waals surface area contributed by atoms with Gasteiger partial charge in [0.25, 0.3) is 0 Å². The quantitative estimate of drug-likeness (QED) is 0.0187. The molecule has 0 fully saturated rings. The Morgan fingerprint density at radius 3 is 0.935 bits per heavy atom. The number of carbonyl (C=O) groups is 6. The summed E-state index contributed by atoms with van der Waals surface area (Å²) < 4.78 is 45.7. The van der Waals surface area contributed by atoms with Crippen LogP contribution in [-0.4, -0.2) is 62.2 Å². The van der Waals surface area contributed by atoms with E-state index < -0.39 is 35.8 Å². The van der Waals surface area contributed by atoms with E-state index in [2.05, 4.69) is 13.2 Å². The fraction of sp³-hybridized carbons (Fsp3) is 0.154. The molecule has 462 valence electrons. The first-order chi connectivity index (χ1) is 45.0. The van der Waals surface area contributed by atoms with Crippen LogP contribution in [0.3, 0.4) is 0 Å². The van der Waals surface area contributed by atoms with Gasteiger partial charge in [-0.25, -0.2) is 28.8 Å². The van der Waals surface area contributed by atoms with Crippen LogP contribution in [-0.2, 0) is 19.1 Å². The highest BCUT2D eigenvalue weighted by Crippen LogP contribution is 2.46. The minimum Gasteiger partial charge on any atom is -0.494 e. The average Bonchev–Trinajstić information content (AvgIpc) is 0.763. The van der Waals surface area contributed by atoms with E-state index in [1.165, 1.54) is 0 Å². The normalized spacial score (nSPS) is 10.8. The van der Waals surface area contributed by atoms with Crippen molar-refractivity contribution in [1.29, 1.82) is 0 Å². The zero-order valence-corrected chi connectivity index (χ0v) is 50.6. The van der Waals surface area contributed by atoms with E-state index in [-0.39, 0.29) is 11.5 Å². The van der Waals surface area contributed by atoms with Crippen LogP contribution < -0.4 is 28.4 Å². The highest BCUT2D eigenvalue weighted by Gasteiger charge is 2.24. The molecule has 0 N–H and O–H groups in total. The monoisotopic (exact) mass is 1230 g/mol. The summed E-state index contributed by atoms with van der Waals surface area (Å²) in [6, 6.07) is 64.5. The predicted molar refractivity (Wildman–Crippen MR) is 354 cm³/mol. The Labute approximate surface area is 533 Å². The van der Waals surface area contributed by atoms with E-state index in [1.807, 2.05) is 109 Å². The number of benzene rings is 10. The number of carbonyl (C=O) groups excluding carboxylic acids is 6. The lowest BCUT2D eigenvalue weighted by molar-refractivity contribution is -0.138.